The van der Waals surface area contributed by atoms with E-state index in [2.05, 4.69) is 29.6 Å². The highest BCUT2D eigenvalue weighted by molar-refractivity contribution is 5.25. The van der Waals surface area contributed by atoms with Crippen molar-refractivity contribution in [3.63, 3.8) is 0 Å². The Labute approximate surface area is 115 Å². The molecule has 0 unspecified atom stereocenters. The molecule has 1 aromatic carbocycles. The van der Waals surface area contributed by atoms with Crippen LogP contribution >= 0.6 is 0 Å². The fraction of sp³-hybridized carbons (Fsp3) is 0.625. The number of aliphatic hydroxyl groups is 2. The van der Waals surface area contributed by atoms with Crippen molar-refractivity contribution in [1.29, 1.82) is 0 Å². The van der Waals surface area contributed by atoms with Crippen molar-refractivity contribution in [2.45, 2.75) is 50.6 Å². The van der Waals surface area contributed by atoms with Crippen molar-refractivity contribution < 1.29 is 10.2 Å². The third-order valence-electron chi connectivity index (χ3n) is 4.09. The highest BCUT2D eigenvalue weighted by Crippen LogP contribution is 2.32. The van der Waals surface area contributed by atoms with Crippen LogP contribution in [0.25, 0.3) is 0 Å². The van der Waals surface area contributed by atoms with Crippen LogP contribution in [0.3, 0.4) is 0 Å². The minimum atomic E-state index is -0.224. The second kappa shape index (κ2) is 7.63. The number of rotatable bonds is 6. The molecule has 1 fully saturated rings. The minimum absolute atomic E-state index is 0.0311. The summed E-state index contributed by atoms with van der Waals surface area (Å²) in [6, 6.07) is 8.56. The monoisotopic (exact) mass is 263 g/mol. The van der Waals surface area contributed by atoms with E-state index >= 15 is 0 Å². The lowest BCUT2D eigenvalue weighted by Crippen LogP contribution is -2.35. The van der Waals surface area contributed by atoms with Crippen LogP contribution in [-0.4, -0.2) is 29.5 Å². The number of aliphatic hydroxyl groups excluding tert-OH is 2. The maximum Gasteiger partial charge on any atom is 0.0607 e. The molecule has 3 N–H and O–H groups in total. The second-order valence-corrected chi connectivity index (χ2v) is 5.52. The van der Waals surface area contributed by atoms with E-state index in [0.29, 0.717) is 6.54 Å². The molecule has 0 heterocycles. The average molecular weight is 263 g/mol. The first kappa shape index (κ1) is 14.5. The standard InChI is InChI=1S/C16H25NO2/c18-11-16(12-19)17-10-13-6-8-15(9-7-13)14-4-2-1-3-5-14/h6-9,14,16-19H,1-5,10-12H2. The summed E-state index contributed by atoms with van der Waals surface area (Å²) in [6.07, 6.45) is 6.77. The molecule has 19 heavy (non-hydrogen) atoms. The van der Waals surface area contributed by atoms with E-state index in [1.807, 2.05) is 0 Å². The third-order valence-corrected chi connectivity index (χ3v) is 4.09. The van der Waals surface area contributed by atoms with Gasteiger partial charge in [-0.15, -0.1) is 0 Å². The largest absolute Gasteiger partial charge is 0.395 e. The van der Waals surface area contributed by atoms with Crippen LogP contribution in [0.2, 0.25) is 0 Å². The third kappa shape index (κ3) is 4.30. The molecule has 1 aliphatic carbocycles. The molecule has 1 saturated carbocycles. The molecule has 2 rings (SSSR count). The van der Waals surface area contributed by atoms with Gasteiger partial charge in [0.25, 0.3) is 0 Å². The lowest BCUT2D eigenvalue weighted by atomic mass is 9.84. The topological polar surface area (TPSA) is 52.5 Å². The van der Waals surface area contributed by atoms with Gasteiger partial charge in [-0.1, -0.05) is 43.5 Å². The summed E-state index contributed by atoms with van der Waals surface area (Å²) < 4.78 is 0. The Kier molecular flexibility index (Phi) is 5.83. The van der Waals surface area contributed by atoms with Gasteiger partial charge in [0, 0.05) is 6.54 Å². The van der Waals surface area contributed by atoms with Crippen LogP contribution in [0.15, 0.2) is 24.3 Å². The van der Waals surface area contributed by atoms with Gasteiger partial charge < -0.3 is 15.5 Å². The van der Waals surface area contributed by atoms with Crippen LogP contribution < -0.4 is 5.32 Å². The SMILES string of the molecule is OCC(CO)NCc1ccc(C2CCCCC2)cc1. The molecule has 0 saturated heterocycles. The molecule has 0 aliphatic heterocycles. The molecule has 0 spiro atoms. The zero-order valence-corrected chi connectivity index (χ0v) is 11.5. The molecule has 3 heteroatoms. The predicted molar refractivity (Wildman–Crippen MR) is 77.1 cm³/mol. The molecule has 0 bridgehead atoms. The van der Waals surface area contributed by atoms with Crippen LogP contribution in [0.5, 0.6) is 0 Å². The predicted octanol–water partition coefficient (Wildman–Crippen LogP) is 2.18. The number of hydrogen-bond donors (Lipinski definition) is 3. The van der Waals surface area contributed by atoms with E-state index in [0.717, 1.165) is 5.92 Å². The van der Waals surface area contributed by atoms with Crippen LogP contribution in [0, 0.1) is 0 Å². The maximum atomic E-state index is 9.00. The van der Waals surface area contributed by atoms with E-state index in [1.54, 1.807) is 0 Å². The Morgan fingerprint density at radius 3 is 2.21 bits per heavy atom. The van der Waals surface area contributed by atoms with Gasteiger partial charge in [0.1, 0.15) is 0 Å². The lowest BCUT2D eigenvalue weighted by molar-refractivity contribution is 0.170. The summed E-state index contributed by atoms with van der Waals surface area (Å²) in [5, 5.41) is 21.1. The van der Waals surface area contributed by atoms with Crippen LogP contribution in [0.1, 0.15) is 49.1 Å². The Bertz CT molecular complexity index is 354. The van der Waals surface area contributed by atoms with Crippen LogP contribution in [0.4, 0.5) is 0 Å². The fourth-order valence-electron chi connectivity index (χ4n) is 2.79. The van der Waals surface area contributed by atoms with Gasteiger partial charge in [-0.05, 0) is 29.9 Å². The number of hydrogen-bond acceptors (Lipinski definition) is 3. The van der Waals surface area contributed by atoms with Crippen molar-refractivity contribution in [1.82, 2.24) is 5.32 Å². The first-order valence-electron chi connectivity index (χ1n) is 7.37. The van der Waals surface area contributed by atoms with Gasteiger partial charge in [-0.2, -0.15) is 0 Å². The Balaban J connectivity index is 1.87. The molecule has 0 radical (unpaired) electrons. The summed E-state index contributed by atoms with van der Waals surface area (Å²) in [4.78, 5) is 0. The summed E-state index contributed by atoms with van der Waals surface area (Å²) >= 11 is 0. The zero-order chi connectivity index (χ0) is 13.5. The second-order valence-electron chi connectivity index (χ2n) is 5.52. The Morgan fingerprint density at radius 2 is 1.63 bits per heavy atom. The van der Waals surface area contributed by atoms with Gasteiger partial charge in [-0.3, -0.25) is 0 Å². The summed E-state index contributed by atoms with van der Waals surface area (Å²) in [6.45, 7) is 0.629. The van der Waals surface area contributed by atoms with Crippen molar-refractivity contribution in [3.05, 3.63) is 35.4 Å². The first-order chi connectivity index (χ1) is 9.33. The van der Waals surface area contributed by atoms with Crippen molar-refractivity contribution >= 4 is 0 Å². The summed E-state index contributed by atoms with van der Waals surface area (Å²) in [7, 11) is 0. The molecular formula is C16H25NO2. The maximum absolute atomic E-state index is 9.00. The van der Waals surface area contributed by atoms with Gasteiger partial charge in [0.2, 0.25) is 0 Å². The van der Waals surface area contributed by atoms with Crippen molar-refractivity contribution in [2.24, 2.45) is 0 Å². The highest BCUT2D eigenvalue weighted by Gasteiger charge is 2.15. The molecule has 0 aromatic heterocycles. The van der Waals surface area contributed by atoms with E-state index in [4.69, 9.17) is 10.2 Å². The van der Waals surface area contributed by atoms with E-state index < -0.39 is 0 Å². The lowest BCUT2D eigenvalue weighted by Gasteiger charge is -2.22. The van der Waals surface area contributed by atoms with Gasteiger partial charge in [0.05, 0.1) is 19.3 Å². The highest BCUT2D eigenvalue weighted by atomic mass is 16.3. The van der Waals surface area contributed by atoms with Gasteiger partial charge in [-0.25, -0.2) is 0 Å². The summed E-state index contributed by atoms with van der Waals surface area (Å²) in [5.41, 5.74) is 2.66. The van der Waals surface area contributed by atoms with Crippen molar-refractivity contribution in [3.8, 4) is 0 Å². The Morgan fingerprint density at radius 1 is 1.00 bits per heavy atom. The smallest absolute Gasteiger partial charge is 0.0607 e. The van der Waals surface area contributed by atoms with Gasteiger partial charge >= 0.3 is 0 Å². The van der Waals surface area contributed by atoms with Crippen LogP contribution in [-0.2, 0) is 6.54 Å². The van der Waals surface area contributed by atoms with Crippen molar-refractivity contribution in [2.75, 3.05) is 13.2 Å². The Hall–Kier alpha value is -0.900. The summed E-state index contributed by atoms with van der Waals surface area (Å²) in [5.74, 6) is 0.749. The average Bonchev–Trinajstić information content (AvgIpc) is 2.50. The van der Waals surface area contributed by atoms with E-state index in [-0.39, 0.29) is 19.3 Å². The van der Waals surface area contributed by atoms with E-state index in [9.17, 15) is 0 Å². The minimum Gasteiger partial charge on any atom is -0.395 e. The molecule has 1 aliphatic rings. The van der Waals surface area contributed by atoms with Gasteiger partial charge in [0.15, 0.2) is 0 Å². The fourth-order valence-corrected chi connectivity index (χ4v) is 2.79. The molecule has 0 atom stereocenters. The quantitative estimate of drug-likeness (QED) is 0.737. The molecule has 106 valence electrons. The van der Waals surface area contributed by atoms with E-state index in [1.165, 1.54) is 43.2 Å². The normalized spacial score (nSPS) is 17.0. The molecule has 3 nitrogen and oxygen atoms in total. The molecule has 1 aromatic rings. The first-order valence-corrected chi connectivity index (χ1v) is 7.37. The number of nitrogens with one attached hydrogen (secondary N) is 1. The molecular weight excluding hydrogens is 238 g/mol. The zero-order valence-electron chi connectivity index (χ0n) is 11.5. The molecule has 0 amide bonds. The number of benzene rings is 1.